The van der Waals surface area contributed by atoms with Crippen molar-refractivity contribution in [1.29, 1.82) is 0 Å². The average Bonchev–Trinajstić information content (AvgIpc) is 3.02. The van der Waals surface area contributed by atoms with E-state index in [1.807, 2.05) is 31.2 Å². The van der Waals surface area contributed by atoms with Gasteiger partial charge in [0, 0.05) is 11.2 Å². The molecule has 2 unspecified atom stereocenters. The molecule has 1 saturated heterocycles. The van der Waals surface area contributed by atoms with Crippen molar-refractivity contribution < 1.29 is 19.4 Å². The Labute approximate surface area is 168 Å². The van der Waals surface area contributed by atoms with E-state index in [1.165, 1.54) is 0 Å². The second-order valence-electron chi connectivity index (χ2n) is 7.34. The highest BCUT2D eigenvalue weighted by atomic mass is 32.2. The molecule has 2 aromatic carbocycles. The number of hydrogen-bond acceptors (Lipinski definition) is 4. The minimum Gasteiger partial charge on any atom is -0.479 e. The van der Waals surface area contributed by atoms with Crippen LogP contribution in [0.1, 0.15) is 36.8 Å². The molecule has 2 aliphatic rings. The predicted octanol–water partition coefficient (Wildman–Crippen LogP) is 4.26. The summed E-state index contributed by atoms with van der Waals surface area (Å²) in [5.74, 6) is -0.138. The summed E-state index contributed by atoms with van der Waals surface area (Å²) in [6, 6.07) is 16.2. The van der Waals surface area contributed by atoms with Gasteiger partial charge in [0.25, 0.3) is 0 Å². The third-order valence-corrected chi connectivity index (χ3v) is 7.25. The van der Waals surface area contributed by atoms with Gasteiger partial charge in [-0.25, -0.2) is 9.59 Å². The molecule has 5 nitrogen and oxygen atoms in total. The molecule has 2 atom stereocenters. The van der Waals surface area contributed by atoms with E-state index in [2.05, 4.69) is 29.6 Å². The van der Waals surface area contributed by atoms with Gasteiger partial charge >= 0.3 is 12.1 Å². The van der Waals surface area contributed by atoms with E-state index in [1.54, 1.807) is 11.8 Å². The van der Waals surface area contributed by atoms with Crippen molar-refractivity contribution in [3.63, 3.8) is 0 Å². The molecule has 0 saturated carbocycles. The number of carboxylic acid groups (broad SMARTS) is 1. The van der Waals surface area contributed by atoms with Gasteiger partial charge in [0.2, 0.25) is 0 Å². The second-order valence-corrected chi connectivity index (χ2v) is 8.79. The largest absolute Gasteiger partial charge is 0.479 e. The third-order valence-electron chi connectivity index (χ3n) is 5.83. The standard InChI is InChI=1S/C22H23NO4S/c1-14-22(20(24)25,11-6-12-28-14)23-21(26)27-13-19-17-9-4-2-7-15(17)16-8-3-5-10-18(16)19/h2-5,7-10,14,19H,6,11-13H2,1H3,(H,23,26)(H,24,25). The van der Waals surface area contributed by atoms with E-state index in [9.17, 15) is 14.7 Å². The maximum absolute atomic E-state index is 12.5. The highest BCUT2D eigenvalue weighted by molar-refractivity contribution is 8.00. The van der Waals surface area contributed by atoms with Crippen LogP contribution in [0.15, 0.2) is 48.5 Å². The maximum Gasteiger partial charge on any atom is 0.408 e. The fourth-order valence-electron chi connectivity index (χ4n) is 4.27. The second kappa shape index (κ2) is 7.51. The van der Waals surface area contributed by atoms with Crippen molar-refractivity contribution in [3.05, 3.63) is 59.7 Å². The quantitative estimate of drug-likeness (QED) is 0.806. The lowest BCUT2D eigenvalue weighted by Gasteiger charge is -2.38. The van der Waals surface area contributed by atoms with Gasteiger partial charge < -0.3 is 15.2 Å². The van der Waals surface area contributed by atoms with Crippen LogP contribution in [0.3, 0.4) is 0 Å². The molecule has 0 bridgehead atoms. The molecule has 1 amide bonds. The van der Waals surface area contributed by atoms with Crippen LogP contribution >= 0.6 is 11.8 Å². The minimum atomic E-state index is -1.27. The number of thioether (sulfide) groups is 1. The molecule has 6 heteroatoms. The number of rotatable bonds is 4. The molecule has 1 fully saturated rings. The molecule has 1 heterocycles. The van der Waals surface area contributed by atoms with Crippen molar-refractivity contribution in [3.8, 4) is 11.1 Å². The summed E-state index contributed by atoms with van der Waals surface area (Å²) in [5, 5.41) is 12.2. The fourth-order valence-corrected chi connectivity index (χ4v) is 5.50. The molecule has 28 heavy (non-hydrogen) atoms. The number of benzene rings is 2. The minimum absolute atomic E-state index is 0.0444. The average molecular weight is 397 g/mol. The lowest BCUT2D eigenvalue weighted by atomic mass is 9.90. The van der Waals surface area contributed by atoms with Crippen molar-refractivity contribution in [2.75, 3.05) is 12.4 Å². The van der Waals surface area contributed by atoms with Crippen LogP contribution in [0.2, 0.25) is 0 Å². The number of carbonyl (C=O) groups excluding carboxylic acids is 1. The summed E-state index contributed by atoms with van der Waals surface area (Å²) in [5.41, 5.74) is 3.31. The lowest BCUT2D eigenvalue weighted by molar-refractivity contribution is -0.145. The summed E-state index contributed by atoms with van der Waals surface area (Å²) in [4.78, 5) is 24.5. The predicted molar refractivity (Wildman–Crippen MR) is 110 cm³/mol. The van der Waals surface area contributed by atoms with Crippen molar-refractivity contribution in [1.82, 2.24) is 5.32 Å². The fraction of sp³-hybridized carbons (Fsp3) is 0.364. The number of carbonyl (C=O) groups is 2. The normalized spacial score (nSPS) is 23.5. The van der Waals surface area contributed by atoms with Gasteiger partial charge in [-0.15, -0.1) is 0 Å². The van der Waals surface area contributed by atoms with Gasteiger partial charge in [0.05, 0.1) is 0 Å². The van der Waals surface area contributed by atoms with E-state index >= 15 is 0 Å². The SMILES string of the molecule is CC1SCCCC1(NC(=O)OCC1c2ccccc2-c2ccccc21)C(=O)O. The van der Waals surface area contributed by atoms with Gasteiger partial charge in [0.1, 0.15) is 6.61 Å². The van der Waals surface area contributed by atoms with Crippen LogP contribution in [-0.2, 0) is 9.53 Å². The van der Waals surface area contributed by atoms with E-state index in [4.69, 9.17) is 4.74 Å². The molecule has 1 aliphatic heterocycles. The molecule has 2 N–H and O–H groups in total. The Bertz CT molecular complexity index is 869. The van der Waals surface area contributed by atoms with Crippen LogP contribution in [0, 0.1) is 0 Å². The highest BCUT2D eigenvalue weighted by Crippen LogP contribution is 2.44. The third kappa shape index (κ3) is 3.15. The van der Waals surface area contributed by atoms with Crippen LogP contribution < -0.4 is 5.32 Å². The zero-order valence-corrected chi connectivity index (χ0v) is 16.5. The van der Waals surface area contributed by atoms with Gasteiger partial charge in [-0.05, 0) is 40.8 Å². The Hall–Kier alpha value is -2.47. The van der Waals surface area contributed by atoms with Crippen LogP contribution in [0.25, 0.3) is 11.1 Å². The molecular formula is C22H23NO4S. The first-order chi connectivity index (χ1) is 13.5. The topological polar surface area (TPSA) is 75.6 Å². The summed E-state index contributed by atoms with van der Waals surface area (Å²) >= 11 is 1.57. The van der Waals surface area contributed by atoms with Gasteiger partial charge in [-0.3, -0.25) is 0 Å². The Morgan fingerprint density at radius 2 is 1.75 bits per heavy atom. The molecule has 0 spiro atoms. The van der Waals surface area contributed by atoms with E-state index in [-0.39, 0.29) is 17.8 Å². The molecule has 146 valence electrons. The Balaban J connectivity index is 1.50. The first kappa shape index (κ1) is 18.9. The first-order valence-electron chi connectivity index (χ1n) is 9.51. The number of hydrogen-bond donors (Lipinski definition) is 2. The smallest absolute Gasteiger partial charge is 0.408 e. The molecule has 0 radical (unpaired) electrons. The Kier molecular flexibility index (Phi) is 5.06. The van der Waals surface area contributed by atoms with Crippen LogP contribution in [0.4, 0.5) is 4.79 Å². The molecule has 4 rings (SSSR count). The number of amides is 1. The zero-order chi connectivity index (χ0) is 19.7. The van der Waals surface area contributed by atoms with Crippen molar-refractivity contribution in [2.24, 2.45) is 0 Å². The molecular weight excluding hydrogens is 374 g/mol. The number of aliphatic carboxylic acids is 1. The summed E-state index contributed by atoms with van der Waals surface area (Å²) in [7, 11) is 0. The van der Waals surface area contributed by atoms with E-state index < -0.39 is 17.6 Å². The summed E-state index contributed by atoms with van der Waals surface area (Å²) in [6.07, 6.45) is 0.504. The monoisotopic (exact) mass is 397 g/mol. The summed E-state index contributed by atoms with van der Waals surface area (Å²) in [6.45, 7) is 2.03. The number of carboxylic acids is 1. The van der Waals surface area contributed by atoms with E-state index in [0.717, 1.165) is 34.4 Å². The number of alkyl carbamates (subject to hydrolysis) is 1. The number of fused-ring (bicyclic) bond motifs is 3. The van der Waals surface area contributed by atoms with E-state index in [0.29, 0.717) is 6.42 Å². The number of nitrogens with one attached hydrogen (secondary N) is 1. The maximum atomic E-state index is 12.5. The zero-order valence-electron chi connectivity index (χ0n) is 15.7. The van der Waals surface area contributed by atoms with Crippen molar-refractivity contribution in [2.45, 2.75) is 36.5 Å². The Morgan fingerprint density at radius 1 is 1.14 bits per heavy atom. The number of ether oxygens (including phenoxy) is 1. The lowest BCUT2D eigenvalue weighted by Crippen LogP contribution is -2.61. The first-order valence-corrected chi connectivity index (χ1v) is 10.6. The summed E-state index contributed by atoms with van der Waals surface area (Å²) < 4.78 is 5.54. The molecule has 0 aromatic heterocycles. The highest BCUT2D eigenvalue weighted by Gasteiger charge is 2.47. The van der Waals surface area contributed by atoms with Gasteiger partial charge in [0.15, 0.2) is 5.54 Å². The Morgan fingerprint density at radius 3 is 2.32 bits per heavy atom. The van der Waals surface area contributed by atoms with Crippen LogP contribution in [0.5, 0.6) is 0 Å². The van der Waals surface area contributed by atoms with Crippen LogP contribution in [-0.4, -0.2) is 40.3 Å². The van der Waals surface area contributed by atoms with Gasteiger partial charge in [-0.2, -0.15) is 11.8 Å². The van der Waals surface area contributed by atoms with Crippen molar-refractivity contribution >= 4 is 23.8 Å². The molecule has 1 aliphatic carbocycles. The molecule has 2 aromatic rings. The van der Waals surface area contributed by atoms with Gasteiger partial charge in [-0.1, -0.05) is 55.5 Å².